The van der Waals surface area contributed by atoms with Crippen molar-refractivity contribution in [3.8, 4) is 5.75 Å². The van der Waals surface area contributed by atoms with Gasteiger partial charge in [-0.05, 0) is 43.7 Å². The molecule has 2 aromatic rings. The highest BCUT2D eigenvalue weighted by Gasteiger charge is 2.10. The number of aryl methyl sites for hydroxylation is 1. The van der Waals surface area contributed by atoms with Crippen molar-refractivity contribution in [1.82, 2.24) is 0 Å². The normalized spacial score (nSPS) is 10.1. The average Bonchev–Trinajstić information content (AvgIpc) is 2.53. The lowest BCUT2D eigenvalue weighted by atomic mass is 10.0. The standard InChI is InChI=1S/C17H16N2O5/c1-11-8-13(6-7-16(11)12(2)20)18-17(21)10-24-15-5-3-4-14(9-15)19(22)23/h3-9H,10H2,1-2H3,(H,18,21). The number of anilines is 1. The Morgan fingerprint density at radius 3 is 2.58 bits per heavy atom. The molecule has 0 aliphatic carbocycles. The van der Waals surface area contributed by atoms with Crippen molar-refractivity contribution in [1.29, 1.82) is 0 Å². The molecule has 0 heterocycles. The molecule has 0 atom stereocenters. The molecule has 0 saturated heterocycles. The summed E-state index contributed by atoms with van der Waals surface area (Å²) in [7, 11) is 0. The van der Waals surface area contributed by atoms with Crippen LogP contribution in [0, 0.1) is 17.0 Å². The van der Waals surface area contributed by atoms with Crippen LogP contribution < -0.4 is 10.1 Å². The number of nitrogens with one attached hydrogen (secondary N) is 1. The van der Waals surface area contributed by atoms with Crippen molar-refractivity contribution < 1.29 is 19.2 Å². The molecule has 7 heteroatoms. The van der Waals surface area contributed by atoms with Gasteiger partial charge in [-0.25, -0.2) is 0 Å². The molecule has 124 valence electrons. The summed E-state index contributed by atoms with van der Waals surface area (Å²) in [5.41, 5.74) is 1.80. The van der Waals surface area contributed by atoms with Gasteiger partial charge in [-0.3, -0.25) is 19.7 Å². The van der Waals surface area contributed by atoms with E-state index >= 15 is 0 Å². The summed E-state index contributed by atoms with van der Waals surface area (Å²) in [6.45, 7) is 2.98. The molecule has 7 nitrogen and oxygen atoms in total. The molecule has 0 spiro atoms. The quantitative estimate of drug-likeness (QED) is 0.499. The van der Waals surface area contributed by atoms with Gasteiger partial charge in [0.1, 0.15) is 5.75 Å². The third-order valence-corrected chi connectivity index (χ3v) is 3.29. The summed E-state index contributed by atoms with van der Waals surface area (Å²) in [5, 5.41) is 13.3. The predicted molar refractivity (Wildman–Crippen MR) is 88.4 cm³/mol. The van der Waals surface area contributed by atoms with Crippen molar-refractivity contribution in [2.45, 2.75) is 13.8 Å². The SMILES string of the molecule is CC(=O)c1ccc(NC(=O)COc2cccc([N+](=O)[O-])c2)cc1C. The van der Waals surface area contributed by atoms with Gasteiger partial charge < -0.3 is 10.1 Å². The van der Waals surface area contributed by atoms with Crippen LogP contribution in [-0.4, -0.2) is 23.2 Å². The van der Waals surface area contributed by atoms with Gasteiger partial charge in [0.15, 0.2) is 12.4 Å². The van der Waals surface area contributed by atoms with Crippen LogP contribution in [0.2, 0.25) is 0 Å². The fourth-order valence-electron chi connectivity index (χ4n) is 2.17. The Hall–Kier alpha value is -3.22. The number of nitro groups is 1. The molecule has 0 fully saturated rings. The third-order valence-electron chi connectivity index (χ3n) is 3.29. The van der Waals surface area contributed by atoms with Crippen molar-refractivity contribution >= 4 is 23.1 Å². The molecule has 0 bridgehead atoms. The van der Waals surface area contributed by atoms with E-state index < -0.39 is 10.8 Å². The third kappa shape index (κ3) is 4.39. The second kappa shape index (κ2) is 7.36. The maximum absolute atomic E-state index is 11.9. The molecule has 0 saturated carbocycles. The van der Waals surface area contributed by atoms with E-state index in [2.05, 4.69) is 5.32 Å². The Balaban J connectivity index is 1.96. The molecule has 1 N–H and O–H groups in total. The molecule has 24 heavy (non-hydrogen) atoms. The Morgan fingerprint density at radius 1 is 1.21 bits per heavy atom. The first kappa shape index (κ1) is 17.1. The van der Waals surface area contributed by atoms with Gasteiger partial charge in [-0.1, -0.05) is 6.07 Å². The second-order valence-electron chi connectivity index (χ2n) is 5.18. The van der Waals surface area contributed by atoms with Gasteiger partial charge in [0.05, 0.1) is 11.0 Å². The predicted octanol–water partition coefficient (Wildman–Crippen LogP) is 3.12. The number of amides is 1. The van der Waals surface area contributed by atoms with Gasteiger partial charge in [-0.15, -0.1) is 0 Å². The Morgan fingerprint density at radius 2 is 1.96 bits per heavy atom. The van der Waals surface area contributed by atoms with E-state index in [1.165, 1.54) is 31.2 Å². The fourth-order valence-corrected chi connectivity index (χ4v) is 2.17. The fraction of sp³-hybridized carbons (Fsp3) is 0.176. The Bertz CT molecular complexity index is 801. The Labute approximate surface area is 138 Å². The second-order valence-corrected chi connectivity index (χ2v) is 5.18. The topological polar surface area (TPSA) is 98.5 Å². The largest absolute Gasteiger partial charge is 0.484 e. The molecule has 2 aromatic carbocycles. The summed E-state index contributed by atoms with van der Waals surface area (Å²) >= 11 is 0. The molecule has 1 amide bonds. The molecular weight excluding hydrogens is 312 g/mol. The number of rotatable bonds is 6. The molecule has 0 aliphatic heterocycles. The lowest BCUT2D eigenvalue weighted by Crippen LogP contribution is -2.20. The van der Waals surface area contributed by atoms with E-state index in [4.69, 9.17) is 4.74 Å². The summed E-state index contributed by atoms with van der Waals surface area (Å²) in [6.07, 6.45) is 0. The number of carbonyl (C=O) groups excluding carboxylic acids is 2. The first-order valence-electron chi connectivity index (χ1n) is 7.15. The minimum atomic E-state index is -0.535. The number of nitrogens with zero attached hydrogens (tertiary/aromatic N) is 1. The number of nitro benzene ring substituents is 1. The summed E-state index contributed by atoms with van der Waals surface area (Å²) in [5.74, 6) is -0.210. The zero-order valence-corrected chi connectivity index (χ0v) is 13.2. The number of ether oxygens (including phenoxy) is 1. The number of hydrogen-bond donors (Lipinski definition) is 1. The first-order chi connectivity index (χ1) is 11.4. The Kier molecular flexibility index (Phi) is 5.26. The zero-order valence-electron chi connectivity index (χ0n) is 13.2. The maximum atomic E-state index is 11.9. The number of benzene rings is 2. The minimum absolute atomic E-state index is 0.0422. The lowest BCUT2D eigenvalue weighted by Gasteiger charge is -2.09. The van der Waals surface area contributed by atoms with Crippen LogP contribution in [0.15, 0.2) is 42.5 Å². The summed E-state index contributed by atoms with van der Waals surface area (Å²) in [6, 6.07) is 10.6. The van der Waals surface area contributed by atoms with Gasteiger partial charge in [0.25, 0.3) is 11.6 Å². The van der Waals surface area contributed by atoms with Crippen molar-refractivity contribution in [3.05, 3.63) is 63.7 Å². The highest BCUT2D eigenvalue weighted by atomic mass is 16.6. The van der Waals surface area contributed by atoms with Gasteiger partial charge >= 0.3 is 0 Å². The van der Waals surface area contributed by atoms with E-state index in [0.29, 0.717) is 11.3 Å². The van der Waals surface area contributed by atoms with Crippen LogP contribution in [-0.2, 0) is 4.79 Å². The number of non-ortho nitro benzene ring substituents is 1. The summed E-state index contributed by atoms with van der Waals surface area (Å²) < 4.78 is 5.25. The highest BCUT2D eigenvalue weighted by molar-refractivity contribution is 5.97. The zero-order chi connectivity index (χ0) is 17.7. The minimum Gasteiger partial charge on any atom is -0.484 e. The van der Waals surface area contributed by atoms with Crippen LogP contribution in [0.3, 0.4) is 0 Å². The van der Waals surface area contributed by atoms with Crippen LogP contribution in [0.5, 0.6) is 5.75 Å². The summed E-state index contributed by atoms with van der Waals surface area (Å²) in [4.78, 5) is 33.4. The van der Waals surface area contributed by atoms with E-state index in [1.807, 2.05) is 0 Å². The van der Waals surface area contributed by atoms with Crippen molar-refractivity contribution in [3.63, 3.8) is 0 Å². The van der Waals surface area contributed by atoms with Crippen LogP contribution in [0.1, 0.15) is 22.8 Å². The van der Waals surface area contributed by atoms with E-state index in [0.717, 1.165) is 5.56 Å². The number of Topliss-reactive ketones (excluding diaryl/α,β-unsaturated/α-hetero) is 1. The molecule has 0 unspecified atom stereocenters. The van der Waals surface area contributed by atoms with Crippen LogP contribution >= 0.6 is 0 Å². The molecule has 0 radical (unpaired) electrons. The lowest BCUT2D eigenvalue weighted by molar-refractivity contribution is -0.384. The van der Waals surface area contributed by atoms with Crippen LogP contribution in [0.25, 0.3) is 0 Å². The van der Waals surface area contributed by atoms with E-state index in [9.17, 15) is 19.7 Å². The monoisotopic (exact) mass is 328 g/mol. The van der Waals surface area contributed by atoms with Crippen molar-refractivity contribution in [2.75, 3.05) is 11.9 Å². The highest BCUT2D eigenvalue weighted by Crippen LogP contribution is 2.19. The first-order valence-corrected chi connectivity index (χ1v) is 7.15. The molecule has 0 aliphatic rings. The van der Waals surface area contributed by atoms with E-state index in [1.54, 1.807) is 25.1 Å². The number of ketones is 1. The average molecular weight is 328 g/mol. The number of hydrogen-bond acceptors (Lipinski definition) is 5. The van der Waals surface area contributed by atoms with Crippen LogP contribution in [0.4, 0.5) is 11.4 Å². The molecule has 0 aromatic heterocycles. The molecule has 2 rings (SSSR count). The number of carbonyl (C=O) groups is 2. The smallest absolute Gasteiger partial charge is 0.273 e. The van der Waals surface area contributed by atoms with E-state index in [-0.39, 0.29) is 23.8 Å². The van der Waals surface area contributed by atoms with Crippen molar-refractivity contribution in [2.24, 2.45) is 0 Å². The maximum Gasteiger partial charge on any atom is 0.273 e. The van der Waals surface area contributed by atoms with Gasteiger partial charge in [0, 0.05) is 17.3 Å². The van der Waals surface area contributed by atoms with Gasteiger partial charge in [0.2, 0.25) is 0 Å². The van der Waals surface area contributed by atoms with Gasteiger partial charge in [-0.2, -0.15) is 0 Å². The molecular formula is C17H16N2O5.